The van der Waals surface area contributed by atoms with Crippen molar-refractivity contribution in [1.29, 1.82) is 0 Å². The van der Waals surface area contributed by atoms with Crippen molar-refractivity contribution in [2.45, 2.75) is 56.9 Å². The number of rotatable bonds is 2. The highest BCUT2D eigenvalue weighted by atomic mass is 19.3. The van der Waals surface area contributed by atoms with Crippen molar-refractivity contribution in [3.63, 3.8) is 0 Å². The molecule has 0 amide bonds. The van der Waals surface area contributed by atoms with Gasteiger partial charge in [-0.25, -0.2) is 8.78 Å². The number of alkyl halides is 2. The molecule has 0 aromatic heterocycles. The van der Waals surface area contributed by atoms with Crippen molar-refractivity contribution >= 4 is 0 Å². The van der Waals surface area contributed by atoms with Crippen molar-refractivity contribution < 1.29 is 8.78 Å². The molecule has 1 nitrogen and oxygen atoms in total. The van der Waals surface area contributed by atoms with E-state index in [2.05, 4.69) is 0 Å². The Hall–Kier alpha value is -0.180. The van der Waals surface area contributed by atoms with E-state index in [-0.39, 0.29) is 18.4 Å². The fourth-order valence-electron chi connectivity index (χ4n) is 1.86. The fourth-order valence-corrected chi connectivity index (χ4v) is 1.86. The van der Waals surface area contributed by atoms with Crippen LogP contribution >= 0.6 is 0 Å². The molecule has 0 saturated heterocycles. The van der Waals surface area contributed by atoms with Crippen LogP contribution in [0, 0.1) is 0 Å². The lowest BCUT2D eigenvalue weighted by molar-refractivity contribution is -0.0516. The van der Waals surface area contributed by atoms with Crippen LogP contribution in [0.25, 0.3) is 0 Å². The van der Waals surface area contributed by atoms with Crippen LogP contribution in [0.5, 0.6) is 0 Å². The zero-order chi connectivity index (χ0) is 9.24. The first kappa shape index (κ1) is 9.90. The Labute approximate surface area is 72.3 Å². The van der Waals surface area contributed by atoms with Crippen molar-refractivity contribution in [2.75, 3.05) is 0 Å². The summed E-state index contributed by atoms with van der Waals surface area (Å²) in [5, 5.41) is 0. The molecule has 0 aliphatic heterocycles. The average molecular weight is 177 g/mol. The Bertz CT molecular complexity index is 147. The average Bonchev–Trinajstić information content (AvgIpc) is 1.98. The van der Waals surface area contributed by atoms with Gasteiger partial charge in [-0.05, 0) is 19.3 Å². The second-order valence-electron chi connectivity index (χ2n) is 3.97. The quantitative estimate of drug-likeness (QED) is 0.689. The highest BCUT2D eigenvalue weighted by molar-refractivity contribution is 4.91. The van der Waals surface area contributed by atoms with E-state index in [0.29, 0.717) is 12.8 Å². The number of nitrogens with two attached hydrogens (primary N) is 1. The Balaban J connectivity index is 2.44. The summed E-state index contributed by atoms with van der Waals surface area (Å²) >= 11 is 0. The lowest BCUT2D eigenvalue weighted by atomic mass is 9.78. The molecule has 1 saturated carbocycles. The second kappa shape index (κ2) is 3.29. The van der Waals surface area contributed by atoms with Crippen molar-refractivity contribution in [1.82, 2.24) is 0 Å². The third-order valence-electron chi connectivity index (χ3n) is 2.73. The number of hydrogen-bond acceptors (Lipinski definition) is 1. The van der Waals surface area contributed by atoms with Gasteiger partial charge >= 0.3 is 0 Å². The second-order valence-corrected chi connectivity index (χ2v) is 3.97. The van der Waals surface area contributed by atoms with Crippen LogP contribution in [0.15, 0.2) is 0 Å². The summed E-state index contributed by atoms with van der Waals surface area (Å²) in [6, 6.07) is 0. The molecule has 0 aromatic rings. The smallest absolute Gasteiger partial charge is 0.248 e. The molecule has 72 valence electrons. The predicted molar refractivity (Wildman–Crippen MR) is 45.2 cm³/mol. The summed E-state index contributed by atoms with van der Waals surface area (Å²) in [7, 11) is 0. The molecule has 0 radical (unpaired) electrons. The molecule has 2 N–H and O–H groups in total. The molecule has 0 bridgehead atoms. The van der Waals surface area contributed by atoms with Gasteiger partial charge in [-0.1, -0.05) is 13.3 Å². The van der Waals surface area contributed by atoms with Gasteiger partial charge in [0.15, 0.2) is 0 Å². The summed E-state index contributed by atoms with van der Waals surface area (Å²) in [4.78, 5) is 0. The predicted octanol–water partition coefficient (Wildman–Crippen LogP) is 2.69. The standard InChI is InChI=1S/C9H17F2N/c1-2-3-8(12)4-6-9(10,11)7-5-8/h2-7,12H2,1H3. The van der Waals surface area contributed by atoms with Crippen LogP contribution in [-0.2, 0) is 0 Å². The third-order valence-corrected chi connectivity index (χ3v) is 2.73. The van der Waals surface area contributed by atoms with E-state index in [0.717, 1.165) is 12.8 Å². The molecule has 1 fully saturated rings. The Morgan fingerprint density at radius 3 is 2.08 bits per heavy atom. The van der Waals surface area contributed by atoms with E-state index >= 15 is 0 Å². The molecular weight excluding hydrogens is 160 g/mol. The first-order chi connectivity index (χ1) is 5.47. The van der Waals surface area contributed by atoms with Crippen molar-refractivity contribution in [3.05, 3.63) is 0 Å². The van der Waals surface area contributed by atoms with Gasteiger partial charge in [-0.3, -0.25) is 0 Å². The minimum atomic E-state index is -2.45. The van der Waals surface area contributed by atoms with E-state index < -0.39 is 5.92 Å². The zero-order valence-corrected chi connectivity index (χ0v) is 7.58. The molecule has 0 heterocycles. The Morgan fingerprint density at radius 2 is 1.67 bits per heavy atom. The lowest BCUT2D eigenvalue weighted by Crippen LogP contribution is -2.45. The molecule has 1 rings (SSSR count). The van der Waals surface area contributed by atoms with Crippen LogP contribution in [0.1, 0.15) is 45.4 Å². The summed E-state index contributed by atoms with van der Waals surface area (Å²) in [5.41, 5.74) is 5.66. The molecule has 3 heteroatoms. The van der Waals surface area contributed by atoms with Crippen molar-refractivity contribution in [2.24, 2.45) is 5.73 Å². The molecular formula is C9H17F2N. The van der Waals surface area contributed by atoms with Gasteiger partial charge < -0.3 is 5.73 Å². The molecule has 1 aliphatic rings. The van der Waals surface area contributed by atoms with E-state index in [1.807, 2.05) is 6.92 Å². The Morgan fingerprint density at radius 1 is 1.17 bits per heavy atom. The third kappa shape index (κ3) is 2.41. The summed E-state index contributed by atoms with van der Waals surface area (Å²) in [6.07, 6.45) is 2.78. The maximum Gasteiger partial charge on any atom is 0.248 e. The normalized spacial score (nSPS) is 27.0. The fraction of sp³-hybridized carbons (Fsp3) is 1.00. The van der Waals surface area contributed by atoms with E-state index in [1.54, 1.807) is 0 Å². The Kier molecular flexibility index (Phi) is 2.71. The van der Waals surface area contributed by atoms with Gasteiger partial charge in [0.25, 0.3) is 0 Å². The van der Waals surface area contributed by atoms with Gasteiger partial charge in [0.05, 0.1) is 0 Å². The largest absolute Gasteiger partial charge is 0.325 e. The minimum absolute atomic E-state index is 0.0243. The zero-order valence-electron chi connectivity index (χ0n) is 7.58. The van der Waals surface area contributed by atoms with Gasteiger partial charge in [0.2, 0.25) is 5.92 Å². The van der Waals surface area contributed by atoms with Gasteiger partial charge in [0, 0.05) is 18.4 Å². The van der Waals surface area contributed by atoms with Gasteiger partial charge in [-0.15, -0.1) is 0 Å². The number of hydrogen-bond donors (Lipinski definition) is 1. The molecule has 0 atom stereocenters. The first-order valence-electron chi connectivity index (χ1n) is 4.64. The summed E-state index contributed by atoms with van der Waals surface area (Å²) in [6.45, 7) is 2.04. The highest BCUT2D eigenvalue weighted by Crippen LogP contribution is 2.38. The van der Waals surface area contributed by atoms with Crippen LogP contribution < -0.4 is 5.73 Å². The monoisotopic (exact) mass is 177 g/mol. The maximum atomic E-state index is 12.7. The summed E-state index contributed by atoms with van der Waals surface area (Å²) < 4.78 is 25.5. The van der Waals surface area contributed by atoms with Crippen LogP contribution in [0.3, 0.4) is 0 Å². The summed E-state index contributed by atoms with van der Waals surface area (Å²) in [5.74, 6) is -2.45. The van der Waals surface area contributed by atoms with E-state index in [9.17, 15) is 8.78 Å². The van der Waals surface area contributed by atoms with Gasteiger partial charge in [0.1, 0.15) is 0 Å². The van der Waals surface area contributed by atoms with E-state index in [1.165, 1.54) is 0 Å². The molecule has 0 aromatic carbocycles. The topological polar surface area (TPSA) is 26.0 Å². The van der Waals surface area contributed by atoms with Gasteiger partial charge in [-0.2, -0.15) is 0 Å². The molecule has 1 aliphatic carbocycles. The lowest BCUT2D eigenvalue weighted by Gasteiger charge is -2.36. The first-order valence-corrected chi connectivity index (χ1v) is 4.64. The minimum Gasteiger partial charge on any atom is -0.325 e. The highest BCUT2D eigenvalue weighted by Gasteiger charge is 2.40. The van der Waals surface area contributed by atoms with Crippen LogP contribution in [0.4, 0.5) is 8.78 Å². The molecule has 12 heavy (non-hydrogen) atoms. The van der Waals surface area contributed by atoms with E-state index in [4.69, 9.17) is 5.73 Å². The van der Waals surface area contributed by atoms with Crippen LogP contribution in [0.2, 0.25) is 0 Å². The van der Waals surface area contributed by atoms with Crippen molar-refractivity contribution in [3.8, 4) is 0 Å². The molecule has 0 unspecified atom stereocenters. The number of halogens is 2. The SMILES string of the molecule is CCCC1(N)CCC(F)(F)CC1. The van der Waals surface area contributed by atoms with Crippen LogP contribution in [-0.4, -0.2) is 11.5 Å². The maximum absolute atomic E-state index is 12.7. The molecule has 0 spiro atoms.